The molecule has 0 spiro atoms. The Hall–Kier alpha value is -2.59. The molecule has 0 amide bonds. The van der Waals surface area contributed by atoms with Gasteiger partial charge in [-0.3, -0.25) is 13.9 Å². The Morgan fingerprint density at radius 3 is 2.32 bits per heavy atom. The van der Waals surface area contributed by atoms with Crippen LogP contribution >= 0.6 is 22.9 Å². The molecule has 3 aromatic rings. The number of halogens is 4. The number of hydrogen-bond acceptors (Lipinski definition) is 5. The lowest BCUT2D eigenvalue weighted by Gasteiger charge is -2.19. The maximum absolute atomic E-state index is 13.3. The van der Waals surface area contributed by atoms with Crippen molar-refractivity contribution in [1.82, 2.24) is 9.13 Å². The van der Waals surface area contributed by atoms with Gasteiger partial charge in [0.15, 0.2) is 0 Å². The molecule has 0 unspecified atom stereocenters. The first-order valence-corrected chi connectivity index (χ1v) is 11.7. The highest BCUT2D eigenvalue weighted by Gasteiger charge is 2.30. The molecule has 1 aromatic carbocycles. The highest BCUT2D eigenvalue weighted by Crippen LogP contribution is 2.31. The quantitative estimate of drug-likeness (QED) is 0.415. The van der Waals surface area contributed by atoms with E-state index in [0.29, 0.717) is 10.6 Å². The van der Waals surface area contributed by atoms with Crippen molar-refractivity contribution in [2.24, 2.45) is 0 Å². The van der Waals surface area contributed by atoms with E-state index in [-0.39, 0.29) is 33.6 Å². The van der Waals surface area contributed by atoms with Crippen LogP contribution in [0.5, 0.6) is 0 Å². The number of ether oxygens (including phenoxy) is 1. The third kappa shape index (κ3) is 5.72. The van der Waals surface area contributed by atoms with Gasteiger partial charge in [0.1, 0.15) is 15.3 Å². The van der Waals surface area contributed by atoms with E-state index in [4.69, 9.17) is 16.3 Å². The highest BCUT2D eigenvalue weighted by molar-refractivity contribution is 7.20. The lowest BCUT2D eigenvalue weighted by molar-refractivity contribution is -0.136. The largest absolute Gasteiger partial charge is 0.456 e. The second-order valence-corrected chi connectivity index (χ2v) is 10.2. The normalized spacial score (nSPS) is 12.4. The molecule has 0 aliphatic rings. The molecular weight excluding hydrogens is 493 g/mol. The molecule has 0 radical (unpaired) electrons. The number of aryl methyl sites for hydroxylation is 3. The van der Waals surface area contributed by atoms with Crippen LogP contribution in [0.15, 0.2) is 33.9 Å². The van der Waals surface area contributed by atoms with Crippen molar-refractivity contribution in [3.8, 4) is 0 Å². The van der Waals surface area contributed by atoms with E-state index in [0.717, 1.165) is 20.5 Å². The van der Waals surface area contributed by atoms with Gasteiger partial charge < -0.3 is 4.74 Å². The number of carbonyl (C=O) groups is 1. The van der Waals surface area contributed by atoms with Crippen LogP contribution < -0.4 is 11.2 Å². The molecule has 34 heavy (non-hydrogen) atoms. The number of esters is 1. The standard InChI is InChI=1S/C23H24ClF3N2O4S/c1-13-16-18(30)28(11-9-14-7-5-6-8-15(14)24)21(32)29(12-10-23(25,26)27)19(16)34-17(13)20(31)33-22(2,3)4/h5-8H,9-12H2,1-4H3. The number of carbonyl (C=O) groups excluding carboxylic acids is 1. The molecule has 2 aromatic heterocycles. The Balaban J connectivity index is 2.17. The molecule has 184 valence electrons. The molecular formula is C23H24ClF3N2O4S. The first kappa shape index (κ1) is 26.0. The smallest absolute Gasteiger partial charge is 0.390 e. The van der Waals surface area contributed by atoms with Gasteiger partial charge in [0.2, 0.25) is 0 Å². The summed E-state index contributed by atoms with van der Waals surface area (Å²) in [5.41, 5.74) is -1.39. The van der Waals surface area contributed by atoms with Crippen molar-refractivity contribution >= 4 is 39.1 Å². The summed E-state index contributed by atoms with van der Waals surface area (Å²) in [5.74, 6) is -0.706. The minimum Gasteiger partial charge on any atom is -0.456 e. The fourth-order valence-corrected chi connectivity index (χ4v) is 4.91. The fourth-order valence-electron chi connectivity index (χ4n) is 3.48. The number of rotatable bonds is 6. The molecule has 3 rings (SSSR count). The molecule has 0 N–H and O–H groups in total. The second kappa shape index (κ2) is 9.58. The van der Waals surface area contributed by atoms with Crippen LogP contribution in [0.3, 0.4) is 0 Å². The van der Waals surface area contributed by atoms with Crippen LogP contribution in [0.2, 0.25) is 5.02 Å². The zero-order chi connectivity index (χ0) is 25.4. The van der Waals surface area contributed by atoms with Gasteiger partial charge in [0.25, 0.3) is 5.56 Å². The van der Waals surface area contributed by atoms with E-state index in [9.17, 15) is 27.6 Å². The summed E-state index contributed by atoms with van der Waals surface area (Å²) in [5, 5.41) is 0.486. The predicted molar refractivity (Wildman–Crippen MR) is 126 cm³/mol. The second-order valence-electron chi connectivity index (χ2n) is 8.84. The lowest BCUT2D eigenvalue weighted by atomic mass is 10.1. The van der Waals surface area contributed by atoms with Crippen molar-refractivity contribution in [3.63, 3.8) is 0 Å². The molecule has 0 saturated carbocycles. The topological polar surface area (TPSA) is 70.3 Å². The maximum atomic E-state index is 13.3. The molecule has 0 fully saturated rings. The molecule has 0 bridgehead atoms. The molecule has 2 heterocycles. The first-order valence-electron chi connectivity index (χ1n) is 10.5. The van der Waals surface area contributed by atoms with Crippen molar-refractivity contribution in [2.75, 3.05) is 0 Å². The van der Waals surface area contributed by atoms with E-state index < -0.39 is 42.0 Å². The zero-order valence-electron chi connectivity index (χ0n) is 19.1. The van der Waals surface area contributed by atoms with Gasteiger partial charge in [-0.1, -0.05) is 29.8 Å². The molecule has 6 nitrogen and oxygen atoms in total. The van der Waals surface area contributed by atoms with Crippen LogP contribution in [0.4, 0.5) is 13.2 Å². The van der Waals surface area contributed by atoms with Crippen LogP contribution in [0, 0.1) is 6.92 Å². The zero-order valence-corrected chi connectivity index (χ0v) is 20.7. The number of alkyl halides is 3. The minimum atomic E-state index is -4.51. The molecule has 0 atom stereocenters. The SMILES string of the molecule is Cc1c(C(=O)OC(C)(C)C)sc2c1c(=O)n(CCc1ccccc1Cl)c(=O)n2CCC(F)(F)F. The van der Waals surface area contributed by atoms with Crippen LogP contribution in [-0.4, -0.2) is 26.9 Å². The average molecular weight is 517 g/mol. The van der Waals surface area contributed by atoms with E-state index in [2.05, 4.69) is 0 Å². The van der Waals surface area contributed by atoms with E-state index in [1.807, 2.05) is 0 Å². The van der Waals surface area contributed by atoms with Gasteiger partial charge >= 0.3 is 17.8 Å². The van der Waals surface area contributed by atoms with E-state index in [1.54, 1.807) is 45.0 Å². The van der Waals surface area contributed by atoms with Crippen molar-refractivity contribution in [2.45, 2.75) is 65.4 Å². The number of benzene rings is 1. The van der Waals surface area contributed by atoms with Gasteiger partial charge in [0.05, 0.1) is 11.8 Å². The summed E-state index contributed by atoms with van der Waals surface area (Å²) in [4.78, 5) is 39.3. The molecule has 11 heteroatoms. The Bertz CT molecular complexity index is 1350. The van der Waals surface area contributed by atoms with Crippen LogP contribution in [0.25, 0.3) is 10.2 Å². The molecule has 0 aliphatic carbocycles. The van der Waals surface area contributed by atoms with Gasteiger partial charge in [-0.25, -0.2) is 9.59 Å². The summed E-state index contributed by atoms with van der Waals surface area (Å²) in [6, 6.07) is 6.90. The van der Waals surface area contributed by atoms with Crippen molar-refractivity contribution in [3.05, 3.63) is 66.1 Å². The predicted octanol–water partition coefficient (Wildman–Crippen LogP) is 5.34. The van der Waals surface area contributed by atoms with Gasteiger partial charge in [-0.2, -0.15) is 13.2 Å². The van der Waals surface area contributed by atoms with Gasteiger partial charge in [0, 0.05) is 18.1 Å². The Morgan fingerprint density at radius 1 is 1.09 bits per heavy atom. The number of fused-ring (bicyclic) bond motifs is 1. The number of thiophene rings is 1. The Labute approximate surface area is 202 Å². The van der Waals surface area contributed by atoms with Gasteiger partial charge in [-0.15, -0.1) is 11.3 Å². The van der Waals surface area contributed by atoms with E-state index in [1.165, 1.54) is 6.92 Å². The summed E-state index contributed by atoms with van der Waals surface area (Å²) in [7, 11) is 0. The summed E-state index contributed by atoms with van der Waals surface area (Å²) in [6.07, 6.45) is -5.55. The Kier molecular flexibility index (Phi) is 7.33. The van der Waals surface area contributed by atoms with Crippen LogP contribution in [0.1, 0.15) is 48.0 Å². The van der Waals surface area contributed by atoms with Crippen LogP contribution in [-0.2, 0) is 24.2 Å². The Morgan fingerprint density at radius 2 is 1.74 bits per heavy atom. The highest BCUT2D eigenvalue weighted by atomic mass is 35.5. The van der Waals surface area contributed by atoms with Crippen molar-refractivity contribution < 1.29 is 22.7 Å². The number of nitrogens with zero attached hydrogens (tertiary/aromatic N) is 2. The number of aromatic nitrogens is 2. The monoisotopic (exact) mass is 516 g/mol. The fraction of sp³-hybridized carbons (Fsp3) is 0.435. The average Bonchev–Trinajstić information content (AvgIpc) is 3.04. The lowest BCUT2D eigenvalue weighted by Crippen LogP contribution is -2.40. The summed E-state index contributed by atoms with van der Waals surface area (Å²) >= 11 is 6.96. The maximum Gasteiger partial charge on any atom is 0.390 e. The number of hydrogen-bond donors (Lipinski definition) is 0. The van der Waals surface area contributed by atoms with Gasteiger partial charge in [-0.05, 0) is 51.3 Å². The minimum absolute atomic E-state index is 0.0200. The summed E-state index contributed by atoms with van der Waals surface area (Å²) < 4.78 is 46.2. The summed E-state index contributed by atoms with van der Waals surface area (Å²) in [6.45, 7) is 5.79. The van der Waals surface area contributed by atoms with E-state index >= 15 is 0 Å². The molecule has 0 saturated heterocycles. The first-order chi connectivity index (χ1) is 15.7. The molecule has 0 aliphatic heterocycles. The third-order valence-electron chi connectivity index (χ3n) is 5.06. The third-order valence-corrected chi connectivity index (χ3v) is 6.72. The van der Waals surface area contributed by atoms with Crippen molar-refractivity contribution in [1.29, 1.82) is 0 Å².